The molecule has 2 aliphatic rings. The maximum atomic E-state index is 14.2. The normalized spacial score (nSPS) is 16.8. The Hall–Kier alpha value is -5.44. The molecular formula is C35H31FN4O4. The molecule has 2 aliphatic heterocycles. The third-order valence-corrected chi connectivity index (χ3v) is 7.87. The standard InChI is InChI=1S/C35H31FN4O4/c1-39-30-22-40(29(19-23-10-4-2-5-11-23)33(41)37-21-24-12-8-14-26(36)18-24)34(42)31(30)32(38-35(39)43)25-13-9-17-28(20-25)44-27-15-6-3-7-16-27/h2-18,20,29,32H,19,21-22H2,1H3,(H,37,41)(H,38,43)/t29-,32+/m0/s1. The van der Waals surface area contributed by atoms with Crippen molar-refractivity contribution >= 4 is 17.8 Å². The van der Waals surface area contributed by atoms with Gasteiger partial charge in [0.1, 0.15) is 23.4 Å². The molecule has 0 saturated carbocycles. The fraction of sp³-hybridized carbons (Fsp3) is 0.171. The van der Waals surface area contributed by atoms with E-state index in [2.05, 4.69) is 10.6 Å². The number of hydrogen-bond donors (Lipinski definition) is 2. The van der Waals surface area contributed by atoms with Gasteiger partial charge in [0.05, 0.1) is 23.9 Å². The highest BCUT2D eigenvalue weighted by Crippen LogP contribution is 2.38. The zero-order chi connectivity index (χ0) is 30.6. The van der Waals surface area contributed by atoms with Gasteiger partial charge in [-0.05, 0) is 53.1 Å². The van der Waals surface area contributed by atoms with Crippen LogP contribution in [0.5, 0.6) is 11.5 Å². The van der Waals surface area contributed by atoms with Crippen molar-refractivity contribution in [1.29, 1.82) is 0 Å². The molecule has 8 nitrogen and oxygen atoms in total. The molecule has 0 fully saturated rings. The number of carbonyl (C=O) groups is 3. The number of nitrogens with zero attached hydrogens (tertiary/aromatic N) is 2. The fourth-order valence-electron chi connectivity index (χ4n) is 5.61. The van der Waals surface area contributed by atoms with Crippen LogP contribution in [0, 0.1) is 5.82 Å². The Morgan fingerprint density at radius 1 is 0.909 bits per heavy atom. The van der Waals surface area contributed by atoms with Crippen molar-refractivity contribution in [3.05, 3.63) is 143 Å². The third kappa shape index (κ3) is 6.03. The summed E-state index contributed by atoms with van der Waals surface area (Å²) in [6.07, 6.45) is 0.262. The number of rotatable bonds is 9. The summed E-state index contributed by atoms with van der Waals surface area (Å²) >= 11 is 0. The molecule has 0 aliphatic carbocycles. The van der Waals surface area contributed by atoms with Crippen LogP contribution in [0.1, 0.15) is 22.7 Å². The Morgan fingerprint density at radius 2 is 1.59 bits per heavy atom. The van der Waals surface area contributed by atoms with Gasteiger partial charge in [-0.15, -0.1) is 0 Å². The van der Waals surface area contributed by atoms with Crippen molar-refractivity contribution in [2.45, 2.75) is 25.0 Å². The quantitative estimate of drug-likeness (QED) is 0.276. The van der Waals surface area contributed by atoms with Crippen molar-refractivity contribution in [2.75, 3.05) is 13.6 Å². The predicted molar refractivity (Wildman–Crippen MR) is 163 cm³/mol. The van der Waals surface area contributed by atoms with Gasteiger partial charge in [-0.3, -0.25) is 14.5 Å². The van der Waals surface area contributed by atoms with Crippen LogP contribution in [0.25, 0.3) is 0 Å². The average molecular weight is 591 g/mol. The fourth-order valence-corrected chi connectivity index (χ4v) is 5.61. The van der Waals surface area contributed by atoms with Gasteiger partial charge in [0, 0.05) is 20.0 Å². The van der Waals surface area contributed by atoms with E-state index in [1.807, 2.05) is 78.9 Å². The number of amides is 4. The van der Waals surface area contributed by atoms with Gasteiger partial charge in [0.2, 0.25) is 5.91 Å². The molecule has 0 radical (unpaired) electrons. The minimum absolute atomic E-state index is 0.0830. The van der Waals surface area contributed by atoms with E-state index in [4.69, 9.17) is 4.74 Å². The Labute approximate surface area is 254 Å². The highest BCUT2D eigenvalue weighted by molar-refractivity contribution is 6.03. The lowest BCUT2D eigenvalue weighted by Gasteiger charge is -2.31. The van der Waals surface area contributed by atoms with Crippen LogP contribution >= 0.6 is 0 Å². The first kappa shape index (κ1) is 28.7. The number of likely N-dealkylation sites (N-methyl/N-ethyl adjacent to an activating group) is 1. The van der Waals surface area contributed by atoms with Gasteiger partial charge in [-0.25, -0.2) is 9.18 Å². The summed E-state index contributed by atoms with van der Waals surface area (Å²) in [5.74, 6) is 0.114. The van der Waals surface area contributed by atoms with Crippen LogP contribution in [0.2, 0.25) is 0 Å². The Kier molecular flexibility index (Phi) is 8.10. The lowest BCUT2D eigenvalue weighted by molar-refractivity contribution is -0.136. The molecule has 6 rings (SSSR count). The Balaban J connectivity index is 1.29. The lowest BCUT2D eigenvalue weighted by atomic mass is 9.95. The molecule has 4 aromatic carbocycles. The van der Waals surface area contributed by atoms with E-state index in [-0.39, 0.29) is 37.4 Å². The van der Waals surface area contributed by atoms with Gasteiger partial charge in [-0.1, -0.05) is 72.8 Å². The van der Waals surface area contributed by atoms with Crippen LogP contribution in [0.3, 0.4) is 0 Å². The number of para-hydroxylation sites is 1. The van der Waals surface area contributed by atoms with Crippen molar-refractivity contribution in [1.82, 2.24) is 20.4 Å². The third-order valence-electron chi connectivity index (χ3n) is 7.87. The number of halogens is 1. The number of ether oxygens (including phenoxy) is 1. The van der Waals surface area contributed by atoms with Crippen LogP contribution < -0.4 is 15.4 Å². The van der Waals surface area contributed by atoms with Crippen LogP contribution in [0.15, 0.2) is 120 Å². The summed E-state index contributed by atoms with van der Waals surface area (Å²) in [5.41, 5.74) is 3.10. The highest BCUT2D eigenvalue weighted by Gasteiger charge is 2.46. The molecule has 2 atom stereocenters. The number of nitrogens with one attached hydrogen (secondary N) is 2. The topological polar surface area (TPSA) is 91.0 Å². The minimum Gasteiger partial charge on any atom is -0.457 e. The second kappa shape index (κ2) is 12.4. The maximum Gasteiger partial charge on any atom is 0.322 e. The molecular weight excluding hydrogens is 559 g/mol. The molecule has 0 spiro atoms. The highest BCUT2D eigenvalue weighted by atomic mass is 19.1. The van der Waals surface area contributed by atoms with Crippen molar-refractivity contribution in [3.8, 4) is 11.5 Å². The van der Waals surface area contributed by atoms with Gasteiger partial charge in [0.15, 0.2) is 0 Å². The zero-order valence-electron chi connectivity index (χ0n) is 24.1. The van der Waals surface area contributed by atoms with Gasteiger partial charge >= 0.3 is 6.03 Å². The Morgan fingerprint density at radius 3 is 2.34 bits per heavy atom. The largest absolute Gasteiger partial charge is 0.457 e. The molecule has 0 unspecified atom stereocenters. The van der Waals surface area contributed by atoms with Gasteiger partial charge < -0.3 is 20.3 Å². The van der Waals surface area contributed by atoms with Crippen LogP contribution in [0.4, 0.5) is 9.18 Å². The molecule has 222 valence electrons. The number of hydrogen-bond acceptors (Lipinski definition) is 4. The second-order valence-electron chi connectivity index (χ2n) is 10.8. The summed E-state index contributed by atoms with van der Waals surface area (Å²) in [7, 11) is 1.61. The molecule has 2 heterocycles. The van der Waals surface area contributed by atoms with E-state index in [0.29, 0.717) is 33.9 Å². The lowest BCUT2D eigenvalue weighted by Crippen LogP contribution is -2.49. The van der Waals surface area contributed by atoms with Gasteiger partial charge in [-0.2, -0.15) is 0 Å². The summed E-state index contributed by atoms with van der Waals surface area (Å²) in [6.45, 7) is 0.188. The molecule has 0 bridgehead atoms. The summed E-state index contributed by atoms with van der Waals surface area (Å²) in [6, 6.07) is 30.1. The predicted octanol–water partition coefficient (Wildman–Crippen LogP) is 5.34. The van der Waals surface area contributed by atoms with E-state index in [9.17, 15) is 18.8 Å². The number of carbonyl (C=O) groups excluding carboxylic acids is 3. The summed E-state index contributed by atoms with van der Waals surface area (Å²) in [4.78, 5) is 44.0. The average Bonchev–Trinajstić information content (AvgIpc) is 3.38. The minimum atomic E-state index is -0.874. The molecule has 0 aromatic heterocycles. The molecule has 4 aromatic rings. The van der Waals surface area contributed by atoms with E-state index < -0.39 is 17.9 Å². The monoisotopic (exact) mass is 590 g/mol. The van der Waals surface area contributed by atoms with E-state index in [1.165, 1.54) is 21.9 Å². The smallest absolute Gasteiger partial charge is 0.322 e. The second-order valence-corrected chi connectivity index (χ2v) is 10.8. The van der Waals surface area contributed by atoms with Crippen molar-refractivity contribution < 1.29 is 23.5 Å². The first-order valence-electron chi connectivity index (χ1n) is 14.3. The van der Waals surface area contributed by atoms with Gasteiger partial charge in [0.25, 0.3) is 5.91 Å². The van der Waals surface area contributed by atoms with Crippen molar-refractivity contribution in [2.24, 2.45) is 0 Å². The number of benzene rings is 4. The first-order valence-corrected chi connectivity index (χ1v) is 14.3. The van der Waals surface area contributed by atoms with E-state index in [1.54, 1.807) is 25.2 Å². The van der Waals surface area contributed by atoms with Crippen LogP contribution in [-0.2, 0) is 22.6 Å². The number of urea groups is 1. The maximum absolute atomic E-state index is 14.2. The summed E-state index contributed by atoms with van der Waals surface area (Å²) in [5, 5.41) is 5.84. The molecule has 9 heteroatoms. The molecule has 4 amide bonds. The molecule has 2 N–H and O–H groups in total. The van der Waals surface area contributed by atoms with Crippen LogP contribution in [-0.4, -0.2) is 47.3 Å². The molecule has 44 heavy (non-hydrogen) atoms. The molecule has 0 saturated heterocycles. The van der Waals surface area contributed by atoms with Crippen molar-refractivity contribution in [3.63, 3.8) is 0 Å². The summed E-state index contributed by atoms with van der Waals surface area (Å²) < 4.78 is 19.8. The van der Waals surface area contributed by atoms with E-state index in [0.717, 1.165) is 5.56 Å². The van der Waals surface area contributed by atoms with E-state index >= 15 is 0 Å². The SMILES string of the molecule is CN1C(=O)N[C@H](c2cccc(Oc3ccccc3)c2)C2=C1CN([C@@H](Cc1ccccc1)C(=O)NCc1cccc(F)c1)C2=O. The first-order chi connectivity index (χ1) is 21.4. The Bertz CT molecular complexity index is 1730. The zero-order valence-corrected chi connectivity index (χ0v) is 24.1.